The van der Waals surface area contributed by atoms with Gasteiger partial charge in [0.2, 0.25) is 0 Å². The standard InChI is InChI=1S/C21H19N3O4/c1-27-16-10-7-14(8-11-16)20(25)24-19-12-9-15(13-22-19)23-21(26)17-5-3-4-6-18(17)28-2/h3-13H,1-2H3,(H,23,26)(H,22,24,25). The number of pyridine rings is 1. The highest BCUT2D eigenvalue weighted by atomic mass is 16.5. The third-order valence-corrected chi connectivity index (χ3v) is 3.97. The second kappa shape index (κ2) is 8.68. The molecule has 3 rings (SSSR count). The third kappa shape index (κ3) is 4.45. The number of anilines is 2. The van der Waals surface area contributed by atoms with Crippen LogP contribution in [0.15, 0.2) is 66.9 Å². The monoisotopic (exact) mass is 377 g/mol. The van der Waals surface area contributed by atoms with E-state index in [-0.39, 0.29) is 11.8 Å². The molecule has 7 heteroatoms. The molecule has 2 aromatic carbocycles. The van der Waals surface area contributed by atoms with Crippen LogP contribution < -0.4 is 20.1 Å². The summed E-state index contributed by atoms with van der Waals surface area (Å²) in [7, 11) is 3.07. The van der Waals surface area contributed by atoms with E-state index in [2.05, 4.69) is 15.6 Å². The van der Waals surface area contributed by atoms with Crippen molar-refractivity contribution in [3.8, 4) is 11.5 Å². The Labute approximate surface area is 162 Å². The van der Waals surface area contributed by atoms with E-state index in [0.717, 1.165) is 0 Å². The van der Waals surface area contributed by atoms with E-state index in [4.69, 9.17) is 9.47 Å². The fourth-order valence-corrected chi connectivity index (χ4v) is 2.50. The number of nitrogens with one attached hydrogen (secondary N) is 2. The summed E-state index contributed by atoms with van der Waals surface area (Å²) in [6, 6.07) is 16.9. The summed E-state index contributed by atoms with van der Waals surface area (Å²) in [5, 5.41) is 5.45. The van der Waals surface area contributed by atoms with Gasteiger partial charge in [-0.05, 0) is 48.5 Å². The van der Waals surface area contributed by atoms with Crippen LogP contribution in [0, 0.1) is 0 Å². The van der Waals surface area contributed by atoms with Gasteiger partial charge in [-0.25, -0.2) is 4.98 Å². The third-order valence-electron chi connectivity index (χ3n) is 3.97. The number of carbonyl (C=O) groups excluding carboxylic acids is 2. The van der Waals surface area contributed by atoms with Crippen molar-refractivity contribution in [3.05, 3.63) is 78.0 Å². The Balaban J connectivity index is 1.64. The van der Waals surface area contributed by atoms with Crippen molar-refractivity contribution in [1.29, 1.82) is 0 Å². The number of para-hydroxylation sites is 1. The summed E-state index contributed by atoms with van der Waals surface area (Å²) < 4.78 is 10.3. The number of aromatic nitrogens is 1. The number of hydrogen-bond acceptors (Lipinski definition) is 5. The van der Waals surface area contributed by atoms with Gasteiger partial charge < -0.3 is 20.1 Å². The van der Waals surface area contributed by atoms with E-state index in [1.165, 1.54) is 13.3 Å². The molecule has 0 bridgehead atoms. The van der Waals surface area contributed by atoms with Gasteiger partial charge in [-0.1, -0.05) is 12.1 Å². The first-order chi connectivity index (χ1) is 13.6. The Morgan fingerprint density at radius 2 is 1.57 bits per heavy atom. The van der Waals surface area contributed by atoms with Crippen LogP contribution in [-0.2, 0) is 0 Å². The number of benzene rings is 2. The molecule has 0 radical (unpaired) electrons. The quantitative estimate of drug-likeness (QED) is 0.685. The van der Waals surface area contributed by atoms with Gasteiger partial charge in [0.1, 0.15) is 17.3 Å². The van der Waals surface area contributed by atoms with E-state index >= 15 is 0 Å². The number of carbonyl (C=O) groups is 2. The first kappa shape index (κ1) is 18.9. The Hall–Kier alpha value is -3.87. The minimum Gasteiger partial charge on any atom is -0.497 e. The maximum absolute atomic E-state index is 12.4. The van der Waals surface area contributed by atoms with Gasteiger partial charge in [0.05, 0.1) is 31.7 Å². The summed E-state index contributed by atoms with van der Waals surface area (Å²) in [5.41, 5.74) is 1.40. The molecule has 7 nitrogen and oxygen atoms in total. The number of nitrogens with zero attached hydrogens (tertiary/aromatic N) is 1. The number of rotatable bonds is 6. The second-order valence-electron chi connectivity index (χ2n) is 5.77. The molecule has 0 aliphatic rings. The van der Waals surface area contributed by atoms with Gasteiger partial charge in [-0.15, -0.1) is 0 Å². The molecule has 1 heterocycles. The van der Waals surface area contributed by atoms with Crippen LogP contribution >= 0.6 is 0 Å². The zero-order valence-corrected chi connectivity index (χ0v) is 15.4. The first-order valence-corrected chi connectivity index (χ1v) is 8.46. The van der Waals surface area contributed by atoms with Crippen molar-refractivity contribution in [1.82, 2.24) is 4.98 Å². The van der Waals surface area contributed by atoms with Crippen molar-refractivity contribution in [2.75, 3.05) is 24.9 Å². The van der Waals surface area contributed by atoms with Crippen LogP contribution in [0.2, 0.25) is 0 Å². The number of ether oxygens (including phenoxy) is 2. The lowest BCUT2D eigenvalue weighted by atomic mass is 10.2. The zero-order chi connectivity index (χ0) is 19.9. The molecule has 0 atom stereocenters. The highest BCUT2D eigenvalue weighted by Gasteiger charge is 2.12. The van der Waals surface area contributed by atoms with Gasteiger partial charge in [0.15, 0.2) is 0 Å². The molecule has 142 valence electrons. The molecular formula is C21H19N3O4. The van der Waals surface area contributed by atoms with E-state index < -0.39 is 0 Å². The van der Waals surface area contributed by atoms with Crippen LogP contribution in [-0.4, -0.2) is 31.0 Å². The lowest BCUT2D eigenvalue weighted by Crippen LogP contribution is -2.15. The lowest BCUT2D eigenvalue weighted by Gasteiger charge is -2.10. The molecule has 0 saturated heterocycles. The average molecular weight is 377 g/mol. The van der Waals surface area contributed by atoms with Crippen LogP contribution in [0.3, 0.4) is 0 Å². The SMILES string of the molecule is COc1ccc(C(=O)Nc2ccc(NC(=O)c3ccccc3OC)cn2)cc1. The fourth-order valence-electron chi connectivity index (χ4n) is 2.50. The largest absolute Gasteiger partial charge is 0.497 e. The van der Waals surface area contributed by atoms with Crippen molar-refractivity contribution in [2.24, 2.45) is 0 Å². The number of amides is 2. The van der Waals surface area contributed by atoms with E-state index in [1.54, 1.807) is 67.8 Å². The highest BCUT2D eigenvalue weighted by Crippen LogP contribution is 2.19. The predicted octanol–water partition coefficient (Wildman–Crippen LogP) is 3.60. The van der Waals surface area contributed by atoms with Crippen LogP contribution in [0.25, 0.3) is 0 Å². The Morgan fingerprint density at radius 1 is 0.821 bits per heavy atom. The lowest BCUT2D eigenvalue weighted by molar-refractivity contribution is 0.101. The predicted molar refractivity (Wildman–Crippen MR) is 106 cm³/mol. The Bertz CT molecular complexity index is 970. The van der Waals surface area contributed by atoms with Crippen LogP contribution in [0.1, 0.15) is 20.7 Å². The summed E-state index contributed by atoms with van der Waals surface area (Å²) in [6.07, 6.45) is 1.47. The molecular weight excluding hydrogens is 358 g/mol. The molecule has 3 aromatic rings. The van der Waals surface area contributed by atoms with E-state index in [0.29, 0.717) is 34.1 Å². The fraction of sp³-hybridized carbons (Fsp3) is 0.0952. The molecule has 28 heavy (non-hydrogen) atoms. The second-order valence-corrected chi connectivity index (χ2v) is 5.77. The summed E-state index contributed by atoms with van der Waals surface area (Å²) >= 11 is 0. The van der Waals surface area contributed by atoms with Gasteiger partial charge in [-0.3, -0.25) is 9.59 Å². The van der Waals surface area contributed by atoms with Crippen LogP contribution in [0.5, 0.6) is 11.5 Å². The van der Waals surface area contributed by atoms with E-state index in [1.807, 2.05) is 0 Å². The summed E-state index contributed by atoms with van der Waals surface area (Å²) in [4.78, 5) is 28.8. The normalized spacial score (nSPS) is 10.1. The van der Waals surface area contributed by atoms with Crippen molar-refractivity contribution in [3.63, 3.8) is 0 Å². The van der Waals surface area contributed by atoms with Gasteiger partial charge in [0.25, 0.3) is 11.8 Å². The maximum atomic E-state index is 12.4. The van der Waals surface area contributed by atoms with Gasteiger partial charge in [-0.2, -0.15) is 0 Å². The molecule has 0 unspecified atom stereocenters. The summed E-state index contributed by atoms with van der Waals surface area (Å²) in [6.45, 7) is 0. The minimum absolute atomic E-state index is 0.291. The Morgan fingerprint density at radius 3 is 2.21 bits per heavy atom. The smallest absolute Gasteiger partial charge is 0.259 e. The first-order valence-electron chi connectivity index (χ1n) is 8.46. The maximum Gasteiger partial charge on any atom is 0.259 e. The number of hydrogen-bond donors (Lipinski definition) is 2. The van der Waals surface area contributed by atoms with Gasteiger partial charge >= 0.3 is 0 Å². The molecule has 0 aliphatic heterocycles. The molecule has 0 fully saturated rings. The topological polar surface area (TPSA) is 89.6 Å². The van der Waals surface area contributed by atoms with Gasteiger partial charge in [0, 0.05) is 5.56 Å². The molecule has 0 aliphatic carbocycles. The molecule has 2 N–H and O–H groups in total. The van der Waals surface area contributed by atoms with E-state index in [9.17, 15) is 9.59 Å². The van der Waals surface area contributed by atoms with Crippen molar-refractivity contribution >= 4 is 23.3 Å². The summed E-state index contributed by atoms with van der Waals surface area (Å²) in [5.74, 6) is 0.924. The molecule has 2 amide bonds. The molecule has 0 saturated carbocycles. The van der Waals surface area contributed by atoms with Crippen LogP contribution in [0.4, 0.5) is 11.5 Å². The van der Waals surface area contributed by atoms with Crippen molar-refractivity contribution < 1.29 is 19.1 Å². The Kier molecular flexibility index (Phi) is 5.86. The zero-order valence-electron chi connectivity index (χ0n) is 15.4. The molecule has 0 spiro atoms. The van der Waals surface area contributed by atoms with Crippen molar-refractivity contribution in [2.45, 2.75) is 0 Å². The molecule has 1 aromatic heterocycles. The number of methoxy groups -OCH3 is 2. The minimum atomic E-state index is -0.311. The highest BCUT2D eigenvalue weighted by molar-refractivity contribution is 6.06. The average Bonchev–Trinajstić information content (AvgIpc) is 2.75.